The zero-order valence-corrected chi connectivity index (χ0v) is 17.5. The number of nitrogen functional groups attached to an aromatic ring is 1. The van der Waals surface area contributed by atoms with Gasteiger partial charge < -0.3 is 15.6 Å². The van der Waals surface area contributed by atoms with Gasteiger partial charge in [-0.1, -0.05) is 33.6 Å². The van der Waals surface area contributed by atoms with E-state index in [1.807, 2.05) is 6.92 Å². The van der Waals surface area contributed by atoms with Gasteiger partial charge in [0.2, 0.25) is 0 Å². The van der Waals surface area contributed by atoms with Crippen LogP contribution in [0.25, 0.3) is 11.3 Å². The molecule has 0 spiro atoms. The van der Waals surface area contributed by atoms with Crippen molar-refractivity contribution in [2.24, 2.45) is 0 Å². The molecule has 30 heavy (non-hydrogen) atoms. The number of benzene rings is 1. The fourth-order valence-corrected chi connectivity index (χ4v) is 2.67. The highest BCUT2D eigenvalue weighted by molar-refractivity contribution is 5.69. The van der Waals surface area contributed by atoms with E-state index < -0.39 is 17.6 Å². The van der Waals surface area contributed by atoms with Crippen LogP contribution in [0.1, 0.15) is 56.7 Å². The molecule has 0 saturated carbocycles. The van der Waals surface area contributed by atoms with Crippen LogP contribution in [0.5, 0.6) is 0 Å². The lowest BCUT2D eigenvalue weighted by Crippen LogP contribution is -2.10. The first kappa shape index (κ1) is 25.8. The second-order valence-corrected chi connectivity index (χ2v) is 6.72. The van der Waals surface area contributed by atoms with Crippen LogP contribution in [-0.2, 0) is 23.9 Å². The number of nitrogens with zero attached hydrogens (tertiary/aromatic N) is 2. The number of aryl methyl sites for hydroxylation is 1. The van der Waals surface area contributed by atoms with Crippen molar-refractivity contribution in [3.05, 3.63) is 40.7 Å². The SMILES string of the molecule is CCC.CCCCc1cc(C(F)(F)F)cc(F)c1-c1nnc(N)cc1COCCO. The predicted octanol–water partition coefficient (Wildman–Crippen LogP) is 5.15. The number of aliphatic hydroxyl groups is 1. The van der Waals surface area contributed by atoms with Gasteiger partial charge in [-0.05, 0) is 36.6 Å². The highest BCUT2D eigenvalue weighted by Crippen LogP contribution is 2.36. The van der Waals surface area contributed by atoms with E-state index in [1.54, 1.807) is 0 Å². The van der Waals surface area contributed by atoms with Crippen molar-refractivity contribution in [3.63, 3.8) is 0 Å². The molecule has 0 aliphatic rings. The van der Waals surface area contributed by atoms with Gasteiger partial charge in [-0.25, -0.2) is 4.39 Å². The molecular weight excluding hydrogens is 402 g/mol. The number of unbranched alkanes of at least 4 members (excludes halogenated alkanes) is 1. The van der Waals surface area contributed by atoms with Crippen LogP contribution in [0.15, 0.2) is 18.2 Å². The molecule has 0 unspecified atom stereocenters. The van der Waals surface area contributed by atoms with Gasteiger partial charge >= 0.3 is 6.18 Å². The number of anilines is 1. The summed E-state index contributed by atoms with van der Waals surface area (Å²) in [7, 11) is 0. The van der Waals surface area contributed by atoms with Gasteiger partial charge in [0.25, 0.3) is 0 Å². The minimum absolute atomic E-state index is 0.0356. The lowest BCUT2D eigenvalue weighted by molar-refractivity contribution is -0.137. The van der Waals surface area contributed by atoms with E-state index in [0.29, 0.717) is 18.1 Å². The summed E-state index contributed by atoms with van der Waals surface area (Å²) in [5, 5.41) is 16.5. The minimum Gasteiger partial charge on any atom is -0.394 e. The number of halogens is 4. The van der Waals surface area contributed by atoms with Crippen LogP contribution in [0.3, 0.4) is 0 Å². The fourth-order valence-electron chi connectivity index (χ4n) is 2.67. The Balaban J connectivity index is 0.00000141. The van der Waals surface area contributed by atoms with Crippen molar-refractivity contribution in [1.82, 2.24) is 10.2 Å². The maximum Gasteiger partial charge on any atom is 0.416 e. The molecule has 0 bridgehead atoms. The van der Waals surface area contributed by atoms with E-state index >= 15 is 0 Å². The molecule has 5 nitrogen and oxygen atoms in total. The lowest BCUT2D eigenvalue weighted by Gasteiger charge is -2.16. The maximum atomic E-state index is 14.7. The van der Waals surface area contributed by atoms with Crippen molar-refractivity contribution in [2.75, 3.05) is 18.9 Å². The molecule has 3 N–H and O–H groups in total. The molecule has 0 atom stereocenters. The number of alkyl halides is 3. The zero-order chi connectivity index (χ0) is 22.7. The van der Waals surface area contributed by atoms with Crippen LogP contribution in [0, 0.1) is 5.82 Å². The molecule has 2 aromatic rings. The summed E-state index contributed by atoms with van der Waals surface area (Å²) in [5.74, 6) is -0.956. The van der Waals surface area contributed by atoms with E-state index in [2.05, 4.69) is 24.0 Å². The summed E-state index contributed by atoms with van der Waals surface area (Å²) in [5.41, 5.74) is 5.21. The predicted molar refractivity (Wildman–Crippen MR) is 108 cm³/mol. The summed E-state index contributed by atoms with van der Waals surface area (Å²) in [6.07, 6.45) is -1.82. The summed E-state index contributed by atoms with van der Waals surface area (Å²) >= 11 is 0. The normalized spacial score (nSPS) is 11.2. The molecule has 0 fully saturated rings. The topological polar surface area (TPSA) is 81.3 Å². The quantitative estimate of drug-likeness (QED) is 0.446. The van der Waals surface area contributed by atoms with Crippen molar-refractivity contribution >= 4 is 5.82 Å². The first-order valence-corrected chi connectivity index (χ1v) is 9.90. The second-order valence-electron chi connectivity index (χ2n) is 6.72. The number of hydrogen-bond acceptors (Lipinski definition) is 5. The molecule has 0 aliphatic carbocycles. The highest BCUT2D eigenvalue weighted by Gasteiger charge is 2.33. The molecule has 0 saturated heterocycles. The monoisotopic (exact) mass is 431 g/mol. The van der Waals surface area contributed by atoms with Gasteiger partial charge in [0, 0.05) is 11.1 Å². The summed E-state index contributed by atoms with van der Waals surface area (Å²) in [6, 6.07) is 2.84. The molecular formula is C21H29F4N3O2. The van der Waals surface area contributed by atoms with Crippen LogP contribution in [-0.4, -0.2) is 28.5 Å². The van der Waals surface area contributed by atoms with Crippen LogP contribution >= 0.6 is 0 Å². The third-order valence-electron chi connectivity index (χ3n) is 3.92. The number of rotatable bonds is 8. The fraction of sp³-hybridized carbons (Fsp3) is 0.524. The number of ether oxygens (including phenoxy) is 1. The summed E-state index contributed by atoms with van der Waals surface area (Å²) in [6.45, 7) is 5.93. The van der Waals surface area contributed by atoms with Crippen molar-refractivity contribution < 1.29 is 27.4 Å². The average molecular weight is 431 g/mol. The van der Waals surface area contributed by atoms with Gasteiger partial charge in [0.1, 0.15) is 17.3 Å². The average Bonchev–Trinajstić information content (AvgIpc) is 2.67. The number of hydrogen-bond donors (Lipinski definition) is 2. The Labute approximate surface area is 174 Å². The largest absolute Gasteiger partial charge is 0.416 e. The standard InChI is InChI=1S/C18H21F4N3O2.C3H8/c1-2-3-4-11-7-13(18(20,21)22)9-14(19)16(11)17-12(10-27-6-5-26)8-15(23)24-25-17;1-3-2/h7-9,26H,2-6,10H2,1H3,(H2,23,24);3H2,1-2H3. The van der Waals surface area contributed by atoms with Gasteiger partial charge in [-0.15, -0.1) is 10.2 Å². The van der Waals surface area contributed by atoms with E-state index in [9.17, 15) is 17.6 Å². The lowest BCUT2D eigenvalue weighted by atomic mass is 9.94. The Morgan fingerprint density at radius 1 is 1.07 bits per heavy atom. The Hall–Kier alpha value is -2.26. The van der Waals surface area contributed by atoms with Crippen molar-refractivity contribution in [3.8, 4) is 11.3 Å². The molecule has 1 aromatic heterocycles. The zero-order valence-electron chi connectivity index (χ0n) is 17.5. The Kier molecular flexibility index (Phi) is 10.7. The highest BCUT2D eigenvalue weighted by atomic mass is 19.4. The Bertz CT molecular complexity index is 799. The van der Waals surface area contributed by atoms with E-state index in [-0.39, 0.29) is 48.9 Å². The molecule has 1 aromatic carbocycles. The first-order valence-electron chi connectivity index (χ1n) is 9.90. The summed E-state index contributed by atoms with van der Waals surface area (Å²) < 4.78 is 59.3. The van der Waals surface area contributed by atoms with Crippen LogP contribution in [0.4, 0.5) is 23.4 Å². The van der Waals surface area contributed by atoms with Gasteiger partial charge in [-0.3, -0.25) is 0 Å². The van der Waals surface area contributed by atoms with Crippen molar-refractivity contribution in [2.45, 2.75) is 59.2 Å². The number of nitrogens with two attached hydrogens (primary N) is 1. The third-order valence-corrected chi connectivity index (χ3v) is 3.92. The van der Waals surface area contributed by atoms with Gasteiger partial charge in [0.05, 0.1) is 25.4 Å². The summed E-state index contributed by atoms with van der Waals surface area (Å²) in [4.78, 5) is 0. The molecule has 0 aliphatic heterocycles. The van der Waals surface area contributed by atoms with Gasteiger partial charge in [0.15, 0.2) is 0 Å². The molecule has 0 radical (unpaired) electrons. The first-order chi connectivity index (χ1) is 14.2. The van der Waals surface area contributed by atoms with Gasteiger partial charge in [-0.2, -0.15) is 13.2 Å². The molecule has 168 valence electrons. The third kappa shape index (κ3) is 7.53. The second kappa shape index (κ2) is 12.4. The molecule has 0 amide bonds. The molecule has 9 heteroatoms. The van der Waals surface area contributed by atoms with E-state index in [1.165, 1.54) is 12.5 Å². The number of aromatic nitrogens is 2. The number of aliphatic hydroxyl groups excluding tert-OH is 1. The smallest absolute Gasteiger partial charge is 0.394 e. The molecule has 1 heterocycles. The van der Waals surface area contributed by atoms with E-state index in [0.717, 1.165) is 12.5 Å². The Morgan fingerprint density at radius 3 is 2.30 bits per heavy atom. The van der Waals surface area contributed by atoms with Crippen molar-refractivity contribution in [1.29, 1.82) is 0 Å². The minimum atomic E-state index is -4.65. The van der Waals surface area contributed by atoms with Crippen LogP contribution < -0.4 is 5.73 Å². The Morgan fingerprint density at radius 2 is 1.73 bits per heavy atom. The maximum absolute atomic E-state index is 14.7. The van der Waals surface area contributed by atoms with E-state index in [4.69, 9.17) is 15.6 Å². The molecule has 2 rings (SSSR count). The van der Waals surface area contributed by atoms with Crippen LogP contribution in [0.2, 0.25) is 0 Å².